The number of amides is 5. The molecule has 13 nitrogen and oxygen atoms in total. The predicted octanol–water partition coefficient (Wildman–Crippen LogP) is 3.29. The van der Waals surface area contributed by atoms with Gasteiger partial charge in [-0.2, -0.15) is 0 Å². The van der Waals surface area contributed by atoms with Crippen molar-refractivity contribution in [2.75, 3.05) is 13.1 Å². The molecular weight excluding hydrogens is 673 g/mol. The number of carbonyl (C=O) groups excluding carboxylic acids is 4. The Balaban J connectivity index is 1.23. The van der Waals surface area contributed by atoms with Gasteiger partial charge >= 0.3 is 6.03 Å². The molecule has 4 heterocycles. The zero-order valence-electron chi connectivity index (χ0n) is 29.5. The van der Waals surface area contributed by atoms with Gasteiger partial charge in [0.1, 0.15) is 29.0 Å². The summed E-state index contributed by atoms with van der Waals surface area (Å²) in [5.41, 5.74) is 0.217. The van der Waals surface area contributed by atoms with Crippen molar-refractivity contribution < 1.29 is 32.3 Å². The molecule has 1 spiro atoms. The van der Waals surface area contributed by atoms with Crippen LogP contribution in [-0.2, 0) is 30.8 Å². The van der Waals surface area contributed by atoms with E-state index in [1.165, 1.54) is 4.90 Å². The maximum atomic E-state index is 14.5. The number of nitrogens with zero attached hydrogens (tertiary/aromatic N) is 2. The molecule has 2 aliphatic carbocycles. The number of para-hydroxylation sites is 1. The molecule has 0 unspecified atom stereocenters. The number of pyridine rings is 1. The lowest BCUT2D eigenvalue weighted by atomic mass is 9.87. The third-order valence-corrected chi connectivity index (χ3v) is 13.7. The van der Waals surface area contributed by atoms with E-state index < -0.39 is 67.7 Å². The number of benzene rings is 1. The molecular formula is C37H48N6O7S. The van der Waals surface area contributed by atoms with Crippen molar-refractivity contribution in [3.63, 3.8) is 0 Å². The van der Waals surface area contributed by atoms with Crippen LogP contribution in [0.4, 0.5) is 4.79 Å². The molecule has 14 heteroatoms. The van der Waals surface area contributed by atoms with Gasteiger partial charge in [0.2, 0.25) is 21.8 Å². The van der Waals surface area contributed by atoms with E-state index in [2.05, 4.69) is 20.7 Å². The van der Waals surface area contributed by atoms with Gasteiger partial charge in [-0.25, -0.2) is 18.2 Å². The van der Waals surface area contributed by atoms with E-state index in [4.69, 9.17) is 9.72 Å². The molecule has 51 heavy (non-hydrogen) atoms. The van der Waals surface area contributed by atoms with Crippen molar-refractivity contribution >= 4 is 44.7 Å². The first kappa shape index (κ1) is 35.2. The van der Waals surface area contributed by atoms with Gasteiger partial charge in [-0.15, -0.1) is 0 Å². The van der Waals surface area contributed by atoms with Gasteiger partial charge in [0.05, 0.1) is 22.5 Å². The van der Waals surface area contributed by atoms with Gasteiger partial charge in [0, 0.05) is 29.8 Å². The fourth-order valence-electron chi connectivity index (χ4n) is 8.01. The van der Waals surface area contributed by atoms with E-state index in [0.717, 1.165) is 35.7 Å². The molecule has 1 aromatic heterocycles. The van der Waals surface area contributed by atoms with Gasteiger partial charge in [0.15, 0.2) is 0 Å². The molecule has 5 amide bonds. The number of fused-ring (bicyclic) bond motifs is 5. The Labute approximate surface area is 298 Å². The maximum absolute atomic E-state index is 14.5. The molecule has 7 rings (SSSR count). The monoisotopic (exact) mass is 720 g/mol. The highest BCUT2D eigenvalue weighted by Gasteiger charge is 2.64. The summed E-state index contributed by atoms with van der Waals surface area (Å²) >= 11 is 0. The second-order valence-electron chi connectivity index (χ2n) is 15.3. The number of rotatable bonds is 5. The van der Waals surface area contributed by atoms with Gasteiger partial charge in [-0.3, -0.25) is 19.1 Å². The Kier molecular flexibility index (Phi) is 9.04. The Hall–Kier alpha value is -4.20. The Morgan fingerprint density at radius 2 is 1.88 bits per heavy atom. The average molecular weight is 721 g/mol. The summed E-state index contributed by atoms with van der Waals surface area (Å²) in [6.45, 7) is 5.77. The second kappa shape index (κ2) is 13.1. The van der Waals surface area contributed by atoms with Crippen LogP contribution >= 0.6 is 0 Å². The van der Waals surface area contributed by atoms with Crippen LogP contribution in [-0.4, -0.2) is 83.1 Å². The van der Waals surface area contributed by atoms with Crippen LogP contribution < -0.4 is 25.4 Å². The Bertz CT molecular complexity index is 1910. The minimum atomic E-state index is -3.96. The molecule has 0 bridgehead atoms. The van der Waals surface area contributed by atoms with Crippen molar-refractivity contribution in [2.45, 2.75) is 119 Å². The summed E-state index contributed by atoms with van der Waals surface area (Å²) < 4.78 is 34.4. The quantitative estimate of drug-likeness (QED) is 0.341. The molecule has 4 N–H and O–H groups in total. The molecule has 5 atom stereocenters. The molecule has 3 aliphatic heterocycles. The zero-order chi connectivity index (χ0) is 36.2. The normalized spacial score (nSPS) is 30.1. The SMILES string of the molecule is CCNC(=O)N[C@H]1CCCCCC=C[C@@H]2C[C@@]2(C(=O)NS(=O)(=O)C2(C)CC2)NC(=O)[C@@H]2C[C@]3(CCc4c(c(C)nc5ccccc45)O3)CN2C1=O. The Morgan fingerprint density at radius 3 is 2.65 bits per heavy atom. The summed E-state index contributed by atoms with van der Waals surface area (Å²) in [5, 5.41) is 9.50. The largest absolute Gasteiger partial charge is 0.483 e. The number of sulfonamides is 1. The van der Waals surface area contributed by atoms with E-state index in [0.29, 0.717) is 56.5 Å². The lowest BCUT2D eigenvalue weighted by Crippen LogP contribution is -2.59. The van der Waals surface area contributed by atoms with E-state index in [9.17, 15) is 27.6 Å². The number of aromatic nitrogens is 1. The molecule has 2 aromatic rings. The number of allylic oxidation sites excluding steroid dienone is 1. The number of ether oxygens (including phenoxy) is 1. The average Bonchev–Trinajstić information content (AvgIpc) is 3.98. The zero-order valence-corrected chi connectivity index (χ0v) is 30.4. The number of hydrogen-bond donors (Lipinski definition) is 4. The molecule has 1 aromatic carbocycles. The van der Waals surface area contributed by atoms with Crippen LogP contribution in [0.2, 0.25) is 0 Å². The van der Waals surface area contributed by atoms with Crippen molar-refractivity contribution in [2.24, 2.45) is 5.92 Å². The summed E-state index contributed by atoms with van der Waals surface area (Å²) in [4.78, 5) is 62.0. The molecule has 274 valence electrons. The standard InChI is InChI=1S/C37H48N6O7S/c1-4-38-34(47)40-28-15-9-7-5-6-8-12-24-20-37(24,33(46)42-51(48,49)35(3)18-19-35)41-31(44)29-21-36(22-43(29)32(28)45)17-16-26-25-13-10-11-14-27(25)39-23(2)30(26)50-36/h8,10-14,24,28-29H,4-7,9,15-22H2,1-3H3,(H,41,44)(H,42,46)(H2,38,40,47)/t24-,28+,29+,36-,37-/m1/s1. The van der Waals surface area contributed by atoms with E-state index in [-0.39, 0.29) is 19.4 Å². The van der Waals surface area contributed by atoms with Crippen molar-refractivity contribution in [3.8, 4) is 5.75 Å². The van der Waals surface area contributed by atoms with Gasteiger partial charge in [0.25, 0.3) is 5.91 Å². The summed E-state index contributed by atoms with van der Waals surface area (Å²) in [5.74, 6) is -1.48. The lowest BCUT2D eigenvalue weighted by molar-refractivity contribution is -0.141. The van der Waals surface area contributed by atoms with Crippen molar-refractivity contribution in [1.82, 2.24) is 30.6 Å². The van der Waals surface area contributed by atoms with E-state index in [1.54, 1.807) is 13.8 Å². The number of urea groups is 1. The van der Waals surface area contributed by atoms with Crippen molar-refractivity contribution in [3.05, 3.63) is 47.7 Å². The minimum Gasteiger partial charge on any atom is -0.483 e. The lowest BCUT2D eigenvalue weighted by Gasteiger charge is -2.36. The third-order valence-electron chi connectivity index (χ3n) is 11.5. The van der Waals surface area contributed by atoms with Crippen LogP contribution in [0, 0.1) is 12.8 Å². The Morgan fingerprint density at radius 1 is 1.10 bits per heavy atom. The fraction of sp³-hybridized carbons (Fsp3) is 0.595. The van der Waals surface area contributed by atoms with Crippen LogP contribution in [0.1, 0.15) is 89.3 Å². The third kappa shape index (κ3) is 6.55. The van der Waals surface area contributed by atoms with Gasteiger partial charge < -0.3 is 25.6 Å². The highest BCUT2D eigenvalue weighted by molar-refractivity contribution is 7.91. The number of carbonyl (C=O) groups is 4. The molecule has 2 saturated carbocycles. The van der Waals surface area contributed by atoms with Crippen LogP contribution in [0.25, 0.3) is 10.9 Å². The fourth-order valence-corrected chi connectivity index (χ4v) is 9.32. The smallest absolute Gasteiger partial charge is 0.315 e. The topological polar surface area (TPSA) is 176 Å². The van der Waals surface area contributed by atoms with Crippen LogP contribution in [0.3, 0.4) is 0 Å². The minimum absolute atomic E-state index is 0.0957. The molecule has 5 aliphatic rings. The first-order valence-corrected chi connectivity index (χ1v) is 19.8. The van der Waals surface area contributed by atoms with Crippen LogP contribution in [0.5, 0.6) is 5.75 Å². The number of nitrogens with one attached hydrogen (secondary N) is 4. The molecule has 3 fully saturated rings. The highest BCUT2D eigenvalue weighted by Crippen LogP contribution is 2.49. The second-order valence-corrected chi connectivity index (χ2v) is 17.5. The van der Waals surface area contributed by atoms with Gasteiger partial charge in [-0.05, 0) is 78.2 Å². The van der Waals surface area contributed by atoms with Crippen LogP contribution in [0.15, 0.2) is 36.4 Å². The number of hydrogen-bond acceptors (Lipinski definition) is 8. The summed E-state index contributed by atoms with van der Waals surface area (Å²) in [7, 11) is -3.96. The maximum Gasteiger partial charge on any atom is 0.315 e. The van der Waals surface area contributed by atoms with E-state index in [1.807, 2.05) is 43.3 Å². The first-order chi connectivity index (χ1) is 24.3. The predicted molar refractivity (Wildman–Crippen MR) is 190 cm³/mol. The van der Waals surface area contributed by atoms with Gasteiger partial charge in [-0.1, -0.05) is 43.2 Å². The molecule has 1 saturated heterocycles. The number of aryl methyl sites for hydroxylation is 2. The summed E-state index contributed by atoms with van der Waals surface area (Å²) in [6.07, 6.45) is 9.78. The first-order valence-electron chi connectivity index (χ1n) is 18.3. The van der Waals surface area contributed by atoms with E-state index >= 15 is 0 Å². The highest BCUT2D eigenvalue weighted by atomic mass is 32.2. The summed E-state index contributed by atoms with van der Waals surface area (Å²) in [6, 6.07) is 5.49. The molecule has 0 radical (unpaired) electrons. The van der Waals surface area contributed by atoms with Crippen molar-refractivity contribution in [1.29, 1.82) is 0 Å².